The number of allylic oxidation sites excluding steroid dienone is 1. The predicted molar refractivity (Wildman–Crippen MR) is 84.8 cm³/mol. The third kappa shape index (κ3) is 6.31. The normalized spacial score (nSPS) is 10.6. The molecule has 0 bridgehead atoms. The van der Waals surface area contributed by atoms with E-state index in [1.165, 1.54) is 0 Å². The first-order chi connectivity index (χ1) is 10.2. The van der Waals surface area contributed by atoms with Gasteiger partial charge in [-0.05, 0) is 44.6 Å². The highest BCUT2D eigenvalue weighted by molar-refractivity contribution is 5.77. The minimum absolute atomic E-state index is 0.0150. The lowest BCUT2D eigenvalue weighted by Crippen LogP contribution is -2.31. The average molecular weight is 292 g/mol. The van der Waals surface area contributed by atoms with Gasteiger partial charge in [0.15, 0.2) is 18.1 Å². The Bertz CT molecular complexity index is 473. The maximum atomic E-state index is 11.6. The second-order valence-electron chi connectivity index (χ2n) is 4.51. The second-order valence-corrected chi connectivity index (χ2v) is 4.51. The van der Waals surface area contributed by atoms with Crippen molar-refractivity contribution in [1.29, 1.82) is 0 Å². The first-order valence-corrected chi connectivity index (χ1v) is 7.06. The molecular formula is C16H24N2O3. The van der Waals surface area contributed by atoms with Crippen LogP contribution in [0.3, 0.4) is 0 Å². The molecule has 1 aromatic carbocycles. The van der Waals surface area contributed by atoms with E-state index in [1.54, 1.807) is 7.11 Å². The van der Waals surface area contributed by atoms with E-state index < -0.39 is 0 Å². The van der Waals surface area contributed by atoms with Crippen LogP contribution in [0.25, 0.3) is 6.08 Å². The first kappa shape index (κ1) is 17.0. The maximum Gasteiger partial charge on any atom is 0.257 e. The summed E-state index contributed by atoms with van der Waals surface area (Å²) in [5.74, 6) is 1.05. The van der Waals surface area contributed by atoms with Gasteiger partial charge in [0.05, 0.1) is 7.11 Å². The average Bonchev–Trinajstić information content (AvgIpc) is 2.50. The number of nitrogens with one attached hydrogen (secondary N) is 2. The molecule has 0 saturated heterocycles. The van der Waals surface area contributed by atoms with Crippen molar-refractivity contribution in [2.75, 3.05) is 33.9 Å². The fourth-order valence-electron chi connectivity index (χ4n) is 1.79. The van der Waals surface area contributed by atoms with Crippen molar-refractivity contribution in [1.82, 2.24) is 10.6 Å². The summed E-state index contributed by atoms with van der Waals surface area (Å²) in [7, 11) is 3.47. The number of ether oxygens (including phenoxy) is 2. The molecule has 0 aliphatic heterocycles. The first-order valence-electron chi connectivity index (χ1n) is 7.06. The zero-order valence-electron chi connectivity index (χ0n) is 12.9. The second kappa shape index (κ2) is 9.83. The van der Waals surface area contributed by atoms with Gasteiger partial charge in [0.2, 0.25) is 0 Å². The van der Waals surface area contributed by atoms with Gasteiger partial charge < -0.3 is 20.1 Å². The smallest absolute Gasteiger partial charge is 0.257 e. The Balaban J connectivity index is 2.49. The molecule has 0 aromatic heterocycles. The lowest BCUT2D eigenvalue weighted by Gasteiger charge is -2.11. The Morgan fingerprint density at radius 2 is 2.10 bits per heavy atom. The van der Waals surface area contributed by atoms with E-state index in [2.05, 4.69) is 10.6 Å². The van der Waals surface area contributed by atoms with E-state index in [0.29, 0.717) is 18.0 Å². The Kier molecular flexibility index (Phi) is 7.97. The predicted octanol–water partition coefficient (Wildman–Crippen LogP) is 1.83. The monoisotopic (exact) mass is 292 g/mol. The molecule has 0 heterocycles. The van der Waals surface area contributed by atoms with E-state index >= 15 is 0 Å². The van der Waals surface area contributed by atoms with Crippen molar-refractivity contribution < 1.29 is 14.3 Å². The summed E-state index contributed by atoms with van der Waals surface area (Å²) in [6, 6.07) is 5.60. The Hall–Kier alpha value is -2.01. The van der Waals surface area contributed by atoms with Gasteiger partial charge in [0.25, 0.3) is 5.91 Å². The molecule has 0 spiro atoms. The van der Waals surface area contributed by atoms with Crippen LogP contribution in [0.2, 0.25) is 0 Å². The van der Waals surface area contributed by atoms with E-state index in [0.717, 1.165) is 18.5 Å². The van der Waals surface area contributed by atoms with Crippen molar-refractivity contribution in [3.63, 3.8) is 0 Å². The summed E-state index contributed by atoms with van der Waals surface area (Å²) in [6.45, 7) is 3.45. The maximum absolute atomic E-state index is 11.6. The molecule has 0 radical (unpaired) electrons. The number of hydrogen-bond acceptors (Lipinski definition) is 4. The Morgan fingerprint density at radius 3 is 2.76 bits per heavy atom. The molecule has 5 heteroatoms. The molecule has 0 fully saturated rings. The van der Waals surface area contributed by atoms with Crippen molar-refractivity contribution in [2.24, 2.45) is 0 Å². The number of carbonyl (C=O) groups excluding carboxylic acids is 1. The van der Waals surface area contributed by atoms with Crippen LogP contribution in [0, 0.1) is 0 Å². The van der Waals surface area contributed by atoms with Gasteiger partial charge in [-0.3, -0.25) is 4.79 Å². The van der Waals surface area contributed by atoms with E-state index in [1.807, 2.05) is 44.3 Å². The molecule has 2 N–H and O–H groups in total. The van der Waals surface area contributed by atoms with Crippen molar-refractivity contribution in [3.8, 4) is 11.5 Å². The van der Waals surface area contributed by atoms with Crippen molar-refractivity contribution >= 4 is 12.0 Å². The summed E-state index contributed by atoms with van der Waals surface area (Å²) in [5.41, 5.74) is 1.03. The highest BCUT2D eigenvalue weighted by atomic mass is 16.5. The number of methoxy groups -OCH3 is 1. The minimum Gasteiger partial charge on any atom is -0.493 e. The number of rotatable bonds is 9. The van der Waals surface area contributed by atoms with Crippen LogP contribution in [0.5, 0.6) is 11.5 Å². The summed E-state index contributed by atoms with van der Waals surface area (Å²) in [5, 5.41) is 5.83. The van der Waals surface area contributed by atoms with Crippen LogP contribution in [-0.4, -0.2) is 39.8 Å². The van der Waals surface area contributed by atoms with Crippen LogP contribution >= 0.6 is 0 Å². The van der Waals surface area contributed by atoms with Gasteiger partial charge in [0, 0.05) is 6.54 Å². The van der Waals surface area contributed by atoms with Crippen LogP contribution in [-0.2, 0) is 4.79 Å². The Labute approximate surface area is 126 Å². The molecular weight excluding hydrogens is 268 g/mol. The van der Waals surface area contributed by atoms with Gasteiger partial charge in [-0.25, -0.2) is 0 Å². The van der Waals surface area contributed by atoms with Crippen molar-refractivity contribution in [2.45, 2.75) is 13.3 Å². The fraction of sp³-hybridized carbons (Fsp3) is 0.438. The number of carbonyl (C=O) groups is 1. The Morgan fingerprint density at radius 1 is 1.29 bits per heavy atom. The van der Waals surface area contributed by atoms with Crippen molar-refractivity contribution in [3.05, 3.63) is 29.8 Å². The van der Waals surface area contributed by atoms with E-state index in [-0.39, 0.29) is 12.5 Å². The van der Waals surface area contributed by atoms with E-state index in [4.69, 9.17) is 9.47 Å². The van der Waals surface area contributed by atoms with Gasteiger partial charge in [-0.1, -0.05) is 18.2 Å². The lowest BCUT2D eigenvalue weighted by atomic mass is 10.2. The number of hydrogen-bond donors (Lipinski definition) is 2. The third-order valence-corrected chi connectivity index (χ3v) is 2.83. The van der Waals surface area contributed by atoms with Gasteiger partial charge in [0.1, 0.15) is 0 Å². The molecule has 5 nitrogen and oxygen atoms in total. The van der Waals surface area contributed by atoms with Gasteiger partial charge in [-0.15, -0.1) is 0 Å². The van der Waals surface area contributed by atoms with Crippen LogP contribution in [0.15, 0.2) is 24.3 Å². The zero-order chi connectivity index (χ0) is 15.5. The topological polar surface area (TPSA) is 59.6 Å². The largest absolute Gasteiger partial charge is 0.493 e. The van der Waals surface area contributed by atoms with Gasteiger partial charge in [-0.2, -0.15) is 0 Å². The molecule has 1 aromatic rings. The van der Waals surface area contributed by atoms with Crippen LogP contribution < -0.4 is 20.1 Å². The highest BCUT2D eigenvalue weighted by Crippen LogP contribution is 2.28. The molecule has 1 amide bonds. The van der Waals surface area contributed by atoms with Crippen LogP contribution in [0.4, 0.5) is 0 Å². The fourth-order valence-corrected chi connectivity index (χ4v) is 1.79. The lowest BCUT2D eigenvalue weighted by molar-refractivity contribution is -0.123. The number of benzene rings is 1. The summed E-state index contributed by atoms with van der Waals surface area (Å²) < 4.78 is 10.8. The summed E-state index contributed by atoms with van der Waals surface area (Å²) in [6.07, 6.45) is 4.82. The standard InChI is InChI=1S/C16H24N2O3/c1-4-6-13-7-8-14(15(11-13)20-3)21-12-16(19)18-10-5-9-17-2/h4,6-8,11,17H,5,9-10,12H2,1-3H3,(H,18,19)/b6-4+. The quantitative estimate of drug-likeness (QED) is 0.682. The van der Waals surface area contributed by atoms with Crippen LogP contribution in [0.1, 0.15) is 18.9 Å². The van der Waals surface area contributed by atoms with Gasteiger partial charge >= 0.3 is 0 Å². The molecule has 21 heavy (non-hydrogen) atoms. The summed E-state index contributed by atoms with van der Waals surface area (Å²) >= 11 is 0. The van der Waals surface area contributed by atoms with E-state index in [9.17, 15) is 4.79 Å². The molecule has 0 saturated carbocycles. The molecule has 116 valence electrons. The molecule has 1 rings (SSSR count). The minimum atomic E-state index is -0.134. The number of amides is 1. The summed E-state index contributed by atoms with van der Waals surface area (Å²) in [4.78, 5) is 11.6. The highest BCUT2D eigenvalue weighted by Gasteiger charge is 2.07. The molecule has 0 unspecified atom stereocenters. The molecule has 0 aliphatic carbocycles. The zero-order valence-corrected chi connectivity index (χ0v) is 12.9. The molecule has 0 aliphatic rings. The molecule has 0 atom stereocenters. The third-order valence-electron chi connectivity index (χ3n) is 2.83. The SMILES string of the molecule is C/C=C/c1ccc(OCC(=O)NCCCNC)c(OC)c1.